The summed E-state index contributed by atoms with van der Waals surface area (Å²) in [5.74, 6) is -0.349. The summed E-state index contributed by atoms with van der Waals surface area (Å²) < 4.78 is 33.6. The number of hydrogen-bond donors (Lipinski definition) is 0. The highest BCUT2D eigenvalue weighted by atomic mass is 19.1. The quantitative estimate of drug-likeness (QED) is 0.835. The van der Waals surface area contributed by atoms with Gasteiger partial charge in [0.2, 0.25) is 0 Å². The van der Waals surface area contributed by atoms with Gasteiger partial charge in [0.25, 0.3) is 0 Å². The maximum atomic E-state index is 14.2. The van der Waals surface area contributed by atoms with E-state index in [0.29, 0.717) is 18.7 Å². The molecule has 0 amide bonds. The molecule has 22 heavy (non-hydrogen) atoms. The van der Waals surface area contributed by atoms with E-state index in [1.54, 1.807) is 7.11 Å². The average Bonchev–Trinajstić information content (AvgIpc) is 2.65. The molecule has 2 aromatic carbocycles. The molecule has 0 unspecified atom stereocenters. The van der Waals surface area contributed by atoms with Crippen molar-refractivity contribution in [3.63, 3.8) is 0 Å². The molecule has 1 heterocycles. The molecule has 0 bridgehead atoms. The van der Waals surface area contributed by atoms with Crippen LogP contribution in [0.2, 0.25) is 0 Å². The largest absolute Gasteiger partial charge is 0.497 e. The van der Waals surface area contributed by atoms with Crippen LogP contribution in [0.15, 0.2) is 42.5 Å². The Kier molecular flexibility index (Phi) is 3.94. The van der Waals surface area contributed by atoms with Gasteiger partial charge in [0, 0.05) is 13.1 Å². The maximum Gasteiger partial charge on any atom is 0.133 e. The molecular formula is C18H17F2NO. The molecule has 3 rings (SSSR count). The fourth-order valence-electron chi connectivity index (χ4n) is 2.79. The highest BCUT2D eigenvalue weighted by molar-refractivity contribution is 5.82. The molecule has 0 N–H and O–H groups in total. The van der Waals surface area contributed by atoms with Crippen molar-refractivity contribution >= 4 is 5.57 Å². The van der Waals surface area contributed by atoms with Crippen molar-refractivity contribution in [2.24, 2.45) is 0 Å². The predicted octanol–water partition coefficient (Wildman–Crippen LogP) is 3.85. The molecule has 0 saturated carbocycles. The van der Waals surface area contributed by atoms with Crippen LogP contribution >= 0.6 is 0 Å². The third-order valence-corrected chi connectivity index (χ3v) is 3.88. The Hall–Kier alpha value is -2.20. The zero-order valence-electron chi connectivity index (χ0n) is 12.6. The molecule has 0 spiro atoms. The smallest absolute Gasteiger partial charge is 0.133 e. The normalized spacial score (nSPS) is 15.0. The highest BCUT2D eigenvalue weighted by Gasteiger charge is 2.21. The van der Waals surface area contributed by atoms with Crippen molar-refractivity contribution in [1.82, 2.24) is 4.90 Å². The van der Waals surface area contributed by atoms with Gasteiger partial charge in [-0.15, -0.1) is 0 Å². The van der Waals surface area contributed by atoms with Gasteiger partial charge >= 0.3 is 0 Å². The summed E-state index contributed by atoms with van der Waals surface area (Å²) in [6.07, 6.45) is 1.87. The monoisotopic (exact) mass is 301 g/mol. The van der Waals surface area contributed by atoms with Gasteiger partial charge < -0.3 is 4.74 Å². The first-order valence-electron chi connectivity index (χ1n) is 7.10. The first-order valence-corrected chi connectivity index (χ1v) is 7.10. The van der Waals surface area contributed by atoms with Gasteiger partial charge in [-0.3, -0.25) is 4.90 Å². The Labute approximate surface area is 128 Å². The lowest BCUT2D eigenvalue weighted by molar-refractivity contribution is 0.363. The predicted molar refractivity (Wildman–Crippen MR) is 82.8 cm³/mol. The zero-order chi connectivity index (χ0) is 15.7. The first-order chi connectivity index (χ1) is 10.6. The minimum Gasteiger partial charge on any atom is -0.497 e. The van der Waals surface area contributed by atoms with Gasteiger partial charge in [-0.1, -0.05) is 18.2 Å². The zero-order valence-corrected chi connectivity index (χ0v) is 12.6. The molecule has 0 fully saturated rings. The van der Waals surface area contributed by atoms with Crippen LogP contribution in [-0.2, 0) is 6.54 Å². The minimum atomic E-state index is -0.544. The van der Waals surface area contributed by atoms with E-state index in [2.05, 4.69) is 4.90 Å². The second-order valence-electron chi connectivity index (χ2n) is 5.43. The molecule has 0 aliphatic carbocycles. The third kappa shape index (κ3) is 2.62. The first kappa shape index (κ1) is 14.7. The highest BCUT2D eigenvalue weighted by Crippen LogP contribution is 2.34. The SMILES string of the molecule is COc1ccc2c(c1)CN(C)CC=C2c1c(F)cccc1F. The van der Waals surface area contributed by atoms with Crippen LogP contribution in [0.4, 0.5) is 8.78 Å². The van der Waals surface area contributed by atoms with Gasteiger partial charge in [-0.25, -0.2) is 8.78 Å². The Balaban J connectivity index is 2.21. The average molecular weight is 301 g/mol. The van der Waals surface area contributed by atoms with E-state index in [4.69, 9.17) is 4.74 Å². The number of rotatable bonds is 2. The molecule has 0 radical (unpaired) electrons. The Morgan fingerprint density at radius 1 is 1.09 bits per heavy atom. The number of benzene rings is 2. The van der Waals surface area contributed by atoms with E-state index in [9.17, 15) is 8.78 Å². The van der Waals surface area contributed by atoms with E-state index in [1.807, 2.05) is 31.3 Å². The fourth-order valence-corrected chi connectivity index (χ4v) is 2.79. The molecule has 1 aliphatic rings. The molecule has 2 nitrogen and oxygen atoms in total. The van der Waals surface area contributed by atoms with E-state index in [0.717, 1.165) is 16.9 Å². The summed E-state index contributed by atoms with van der Waals surface area (Å²) in [7, 11) is 3.58. The van der Waals surface area contributed by atoms with Crippen molar-refractivity contribution < 1.29 is 13.5 Å². The molecule has 4 heteroatoms. The number of hydrogen-bond acceptors (Lipinski definition) is 2. The van der Waals surface area contributed by atoms with Gasteiger partial charge in [-0.05, 0) is 48.0 Å². The summed E-state index contributed by atoms with van der Waals surface area (Å²) in [6, 6.07) is 9.56. The van der Waals surface area contributed by atoms with Gasteiger partial charge in [0.15, 0.2) is 0 Å². The molecule has 0 aromatic heterocycles. The van der Waals surface area contributed by atoms with Gasteiger partial charge in [0.05, 0.1) is 12.7 Å². The van der Waals surface area contributed by atoms with Crippen molar-refractivity contribution in [1.29, 1.82) is 0 Å². The number of ether oxygens (including phenoxy) is 1. The van der Waals surface area contributed by atoms with Crippen LogP contribution in [0.5, 0.6) is 5.75 Å². The Morgan fingerprint density at radius 3 is 2.50 bits per heavy atom. The molecule has 2 aromatic rings. The van der Waals surface area contributed by atoms with Crippen molar-refractivity contribution in [2.45, 2.75) is 6.54 Å². The van der Waals surface area contributed by atoms with Crippen molar-refractivity contribution in [2.75, 3.05) is 20.7 Å². The summed E-state index contributed by atoms with van der Waals surface area (Å²) in [6.45, 7) is 1.32. The van der Waals surface area contributed by atoms with Crippen LogP contribution in [0.25, 0.3) is 5.57 Å². The Morgan fingerprint density at radius 2 is 1.82 bits per heavy atom. The summed E-state index contributed by atoms with van der Waals surface area (Å²) in [5.41, 5.74) is 2.46. The van der Waals surface area contributed by atoms with Crippen LogP contribution in [-0.4, -0.2) is 25.6 Å². The van der Waals surface area contributed by atoms with Crippen LogP contribution < -0.4 is 4.74 Å². The van der Waals surface area contributed by atoms with E-state index in [1.165, 1.54) is 18.2 Å². The third-order valence-electron chi connectivity index (χ3n) is 3.88. The standard InChI is InChI=1S/C18H17F2NO/c1-21-9-8-15(18-16(19)4-3-5-17(18)20)14-7-6-13(22-2)10-12(14)11-21/h3-8,10H,9,11H2,1-2H3. The van der Waals surface area contributed by atoms with Crippen LogP contribution in [0.3, 0.4) is 0 Å². The molecule has 114 valence electrons. The lowest BCUT2D eigenvalue weighted by Crippen LogP contribution is -2.16. The summed E-state index contributed by atoms with van der Waals surface area (Å²) in [5, 5.41) is 0. The van der Waals surface area contributed by atoms with E-state index >= 15 is 0 Å². The lowest BCUT2D eigenvalue weighted by Gasteiger charge is -2.15. The topological polar surface area (TPSA) is 12.5 Å². The molecule has 1 aliphatic heterocycles. The van der Waals surface area contributed by atoms with Gasteiger partial charge in [-0.2, -0.15) is 0 Å². The second-order valence-corrected chi connectivity index (χ2v) is 5.43. The van der Waals surface area contributed by atoms with Crippen LogP contribution in [0.1, 0.15) is 16.7 Å². The maximum absolute atomic E-state index is 14.2. The molecule has 0 saturated heterocycles. The minimum absolute atomic E-state index is 0.0317. The molecule has 0 atom stereocenters. The van der Waals surface area contributed by atoms with Crippen LogP contribution in [0, 0.1) is 11.6 Å². The van der Waals surface area contributed by atoms with E-state index < -0.39 is 11.6 Å². The number of halogens is 2. The Bertz CT molecular complexity index is 720. The molecular weight excluding hydrogens is 284 g/mol. The number of likely N-dealkylation sites (N-methyl/N-ethyl adjacent to an activating group) is 1. The fraction of sp³-hybridized carbons (Fsp3) is 0.222. The number of methoxy groups -OCH3 is 1. The van der Waals surface area contributed by atoms with E-state index in [-0.39, 0.29) is 5.56 Å². The van der Waals surface area contributed by atoms with Crippen molar-refractivity contribution in [3.8, 4) is 5.75 Å². The lowest BCUT2D eigenvalue weighted by atomic mass is 9.93. The number of nitrogens with zero attached hydrogens (tertiary/aromatic N) is 1. The van der Waals surface area contributed by atoms with Crippen molar-refractivity contribution in [3.05, 3.63) is 70.8 Å². The summed E-state index contributed by atoms with van der Waals surface area (Å²) in [4.78, 5) is 2.09. The van der Waals surface area contributed by atoms with Gasteiger partial charge in [0.1, 0.15) is 17.4 Å². The summed E-state index contributed by atoms with van der Waals surface area (Å²) >= 11 is 0. The second kappa shape index (κ2) is 5.89. The number of fused-ring (bicyclic) bond motifs is 1.